The second-order valence-electron chi connectivity index (χ2n) is 8.17. The SMILES string of the molecule is COc1ccc(B2OC(C)(C)C(C)(C)O2)cc1NC(=O)OC(C)(C)C. The third kappa shape index (κ3) is 4.47. The molecule has 1 amide bonds. The summed E-state index contributed by atoms with van der Waals surface area (Å²) in [4.78, 5) is 12.1. The minimum Gasteiger partial charge on any atom is -0.495 e. The highest BCUT2D eigenvalue weighted by atomic mass is 16.7. The molecule has 0 unspecified atom stereocenters. The summed E-state index contributed by atoms with van der Waals surface area (Å²) < 4.78 is 22.7. The van der Waals surface area contributed by atoms with E-state index in [0.717, 1.165) is 5.46 Å². The molecule has 1 N–H and O–H groups in total. The van der Waals surface area contributed by atoms with Gasteiger partial charge in [-0.3, -0.25) is 5.32 Å². The Hall–Kier alpha value is -1.73. The molecule has 2 rings (SSSR count). The molecule has 0 bridgehead atoms. The highest BCUT2D eigenvalue weighted by Crippen LogP contribution is 2.37. The van der Waals surface area contributed by atoms with Gasteiger partial charge < -0.3 is 18.8 Å². The Morgan fingerprint density at radius 2 is 1.68 bits per heavy atom. The van der Waals surface area contributed by atoms with Gasteiger partial charge in [-0.25, -0.2) is 4.79 Å². The van der Waals surface area contributed by atoms with Crippen molar-refractivity contribution >= 4 is 24.4 Å². The van der Waals surface area contributed by atoms with E-state index in [1.54, 1.807) is 19.2 Å². The monoisotopic (exact) mass is 349 g/mol. The summed E-state index contributed by atoms with van der Waals surface area (Å²) in [5.41, 5.74) is -0.151. The summed E-state index contributed by atoms with van der Waals surface area (Å²) in [6.07, 6.45) is -0.545. The van der Waals surface area contributed by atoms with E-state index in [9.17, 15) is 4.79 Å². The molecule has 0 saturated carbocycles. The summed E-state index contributed by atoms with van der Waals surface area (Å²) in [6.45, 7) is 13.4. The number of hydrogen-bond acceptors (Lipinski definition) is 5. The van der Waals surface area contributed by atoms with E-state index >= 15 is 0 Å². The first-order chi connectivity index (χ1) is 11.3. The zero-order chi connectivity index (χ0) is 19.0. The van der Waals surface area contributed by atoms with Crippen LogP contribution in [0.1, 0.15) is 48.5 Å². The van der Waals surface area contributed by atoms with E-state index in [1.807, 2.05) is 54.5 Å². The number of amides is 1. The van der Waals surface area contributed by atoms with Gasteiger partial charge in [-0.15, -0.1) is 0 Å². The normalized spacial score (nSPS) is 18.8. The lowest BCUT2D eigenvalue weighted by Crippen LogP contribution is -2.41. The van der Waals surface area contributed by atoms with Crippen LogP contribution in [0.3, 0.4) is 0 Å². The number of hydrogen-bond donors (Lipinski definition) is 1. The summed E-state index contributed by atoms with van der Waals surface area (Å²) in [6, 6.07) is 5.42. The molecular weight excluding hydrogens is 321 g/mol. The van der Waals surface area contributed by atoms with Gasteiger partial charge in [0.15, 0.2) is 0 Å². The molecule has 0 aromatic heterocycles. The molecule has 1 aliphatic rings. The first kappa shape index (κ1) is 19.6. The van der Waals surface area contributed by atoms with Crippen LogP contribution < -0.4 is 15.5 Å². The maximum Gasteiger partial charge on any atom is 0.494 e. The van der Waals surface area contributed by atoms with E-state index in [4.69, 9.17) is 18.8 Å². The van der Waals surface area contributed by atoms with E-state index in [1.165, 1.54) is 0 Å². The van der Waals surface area contributed by atoms with Crippen molar-refractivity contribution in [3.05, 3.63) is 18.2 Å². The molecule has 0 spiro atoms. The Bertz CT molecular complexity index is 635. The standard InChI is InChI=1S/C18H28BNO5/c1-16(2,3)23-15(21)20-13-11-12(9-10-14(13)22-8)19-24-17(4,5)18(6,7)25-19/h9-11H,1-8H3,(H,20,21). The minimum atomic E-state index is -0.583. The summed E-state index contributed by atoms with van der Waals surface area (Å²) >= 11 is 0. The lowest BCUT2D eigenvalue weighted by Gasteiger charge is -2.32. The Kier molecular flexibility index (Phi) is 5.12. The first-order valence-electron chi connectivity index (χ1n) is 8.38. The van der Waals surface area contributed by atoms with Crippen LogP contribution in [0.15, 0.2) is 18.2 Å². The molecule has 6 nitrogen and oxygen atoms in total. The van der Waals surface area contributed by atoms with Crippen LogP contribution in [0, 0.1) is 0 Å². The molecule has 0 aliphatic carbocycles. The minimum absolute atomic E-state index is 0.434. The number of benzene rings is 1. The van der Waals surface area contributed by atoms with Gasteiger partial charge in [-0.1, -0.05) is 6.07 Å². The van der Waals surface area contributed by atoms with Gasteiger partial charge in [0.05, 0.1) is 24.0 Å². The Morgan fingerprint density at radius 3 is 2.16 bits per heavy atom. The molecule has 1 aliphatic heterocycles. The molecule has 7 heteroatoms. The molecule has 1 fully saturated rings. The van der Waals surface area contributed by atoms with Gasteiger partial charge in [0.25, 0.3) is 0 Å². The lowest BCUT2D eigenvalue weighted by molar-refractivity contribution is 0.00578. The predicted molar refractivity (Wildman–Crippen MR) is 98.6 cm³/mol. The van der Waals surface area contributed by atoms with Crippen molar-refractivity contribution < 1.29 is 23.6 Å². The van der Waals surface area contributed by atoms with Crippen LogP contribution in [0.4, 0.5) is 10.5 Å². The predicted octanol–water partition coefficient (Wildman–Crippen LogP) is 3.34. The zero-order valence-electron chi connectivity index (χ0n) is 16.4. The molecular formula is C18H28BNO5. The summed E-state index contributed by atoms with van der Waals surface area (Å²) in [5.74, 6) is 0.533. The molecule has 1 saturated heterocycles. The maximum atomic E-state index is 12.1. The first-order valence-corrected chi connectivity index (χ1v) is 8.38. The van der Waals surface area contributed by atoms with E-state index in [2.05, 4.69) is 5.32 Å². The number of rotatable bonds is 3. The van der Waals surface area contributed by atoms with E-state index < -0.39 is 30.0 Å². The molecule has 25 heavy (non-hydrogen) atoms. The molecule has 0 radical (unpaired) electrons. The number of carbonyl (C=O) groups is 1. The fraction of sp³-hybridized carbons (Fsp3) is 0.611. The van der Waals surface area contributed by atoms with Gasteiger partial charge in [0, 0.05) is 0 Å². The number of nitrogens with one attached hydrogen (secondary N) is 1. The second kappa shape index (κ2) is 6.54. The van der Waals surface area contributed by atoms with Crippen molar-refractivity contribution in [1.29, 1.82) is 0 Å². The van der Waals surface area contributed by atoms with E-state index in [-0.39, 0.29) is 0 Å². The van der Waals surface area contributed by atoms with Crippen molar-refractivity contribution in [2.45, 2.75) is 65.3 Å². The average Bonchev–Trinajstić information content (AvgIpc) is 2.65. The fourth-order valence-corrected chi connectivity index (χ4v) is 2.36. The molecule has 0 atom stereocenters. The van der Waals surface area contributed by atoms with Crippen LogP contribution in [0.25, 0.3) is 0 Å². The lowest BCUT2D eigenvalue weighted by atomic mass is 9.79. The van der Waals surface area contributed by atoms with Gasteiger partial charge in [0.1, 0.15) is 11.4 Å². The van der Waals surface area contributed by atoms with Gasteiger partial charge in [-0.2, -0.15) is 0 Å². The van der Waals surface area contributed by atoms with Crippen molar-refractivity contribution in [2.24, 2.45) is 0 Å². The highest BCUT2D eigenvalue weighted by Gasteiger charge is 2.51. The number of methoxy groups -OCH3 is 1. The van der Waals surface area contributed by atoms with Crippen LogP contribution in [-0.2, 0) is 14.0 Å². The van der Waals surface area contributed by atoms with E-state index in [0.29, 0.717) is 11.4 Å². The summed E-state index contributed by atoms with van der Waals surface area (Å²) in [5, 5.41) is 2.73. The van der Waals surface area contributed by atoms with Crippen molar-refractivity contribution in [2.75, 3.05) is 12.4 Å². The smallest absolute Gasteiger partial charge is 0.494 e. The van der Waals surface area contributed by atoms with Crippen LogP contribution >= 0.6 is 0 Å². The zero-order valence-corrected chi connectivity index (χ0v) is 16.4. The highest BCUT2D eigenvalue weighted by molar-refractivity contribution is 6.62. The largest absolute Gasteiger partial charge is 0.495 e. The van der Waals surface area contributed by atoms with Crippen molar-refractivity contribution in [3.63, 3.8) is 0 Å². The fourth-order valence-electron chi connectivity index (χ4n) is 2.36. The van der Waals surface area contributed by atoms with Crippen LogP contribution in [0.2, 0.25) is 0 Å². The van der Waals surface area contributed by atoms with Gasteiger partial charge in [-0.05, 0) is 66.1 Å². The maximum absolute atomic E-state index is 12.1. The Morgan fingerprint density at radius 1 is 1.12 bits per heavy atom. The molecule has 1 aromatic carbocycles. The Balaban J connectivity index is 2.24. The van der Waals surface area contributed by atoms with Gasteiger partial charge >= 0.3 is 13.2 Å². The molecule has 1 heterocycles. The number of anilines is 1. The quantitative estimate of drug-likeness (QED) is 0.848. The summed E-state index contributed by atoms with van der Waals surface area (Å²) in [7, 11) is 1.03. The molecule has 138 valence electrons. The van der Waals surface area contributed by atoms with Crippen molar-refractivity contribution in [1.82, 2.24) is 0 Å². The average molecular weight is 349 g/mol. The van der Waals surface area contributed by atoms with Crippen LogP contribution in [-0.4, -0.2) is 37.1 Å². The third-order valence-electron chi connectivity index (χ3n) is 4.38. The number of carbonyl (C=O) groups excluding carboxylic acids is 1. The van der Waals surface area contributed by atoms with Crippen LogP contribution in [0.5, 0.6) is 5.75 Å². The van der Waals surface area contributed by atoms with Crippen molar-refractivity contribution in [3.8, 4) is 5.75 Å². The second-order valence-corrected chi connectivity index (χ2v) is 8.17. The van der Waals surface area contributed by atoms with Gasteiger partial charge in [0.2, 0.25) is 0 Å². The topological polar surface area (TPSA) is 66.0 Å². The molecule has 1 aromatic rings. The third-order valence-corrected chi connectivity index (χ3v) is 4.38. The number of ether oxygens (including phenoxy) is 2. The Labute approximate surface area is 150 Å².